The molecular formula is C17H16N2O2. The van der Waals surface area contributed by atoms with Gasteiger partial charge in [0.2, 0.25) is 0 Å². The lowest BCUT2D eigenvalue weighted by Gasteiger charge is -2.08. The molecule has 0 saturated heterocycles. The maximum Gasteiger partial charge on any atom is 0.273 e. The second-order valence-electron chi connectivity index (χ2n) is 5.02. The highest BCUT2D eigenvalue weighted by Crippen LogP contribution is 2.27. The van der Waals surface area contributed by atoms with E-state index in [0.29, 0.717) is 12.1 Å². The maximum absolute atomic E-state index is 12.2. The van der Waals surface area contributed by atoms with Crippen molar-refractivity contribution in [1.82, 2.24) is 0 Å². The molecule has 1 heterocycles. The molecule has 0 bridgehead atoms. The van der Waals surface area contributed by atoms with Crippen LogP contribution in [0.15, 0.2) is 59.8 Å². The lowest BCUT2D eigenvalue weighted by atomic mass is 10.0. The first-order valence-electron chi connectivity index (χ1n) is 6.88. The van der Waals surface area contributed by atoms with E-state index in [1.807, 2.05) is 61.5 Å². The van der Waals surface area contributed by atoms with Crippen LogP contribution in [0.4, 0.5) is 5.69 Å². The first kappa shape index (κ1) is 13.4. The zero-order valence-electron chi connectivity index (χ0n) is 11.7. The van der Waals surface area contributed by atoms with Crippen molar-refractivity contribution in [2.45, 2.75) is 19.4 Å². The summed E-state index contributed by atoms with van der Waals surface area (Å²) in [6, 6.07) is 17.5. The van der Waals surface area contributed by atoms with Gasteiger partial charge in [-0.3, -0.25) is 4.79 Å². The molecule has 4 nitrogen and oxygen atoms in total. The normalized spacial score (nSPS) is 17.0. The third-order valence-corrected chi connectivity index (χ3v) is 3.50. The number of hydrogen-bond acceptors (Lipinski definition) is 3. The number of anilines is 1. The molecule has 0 fully saturated rings. The highest BCUT2D eigenvalue weighted by molar-refractivity contribution is 6.43. The van der Waals surface area contributed by atoms with Gasteiger partial charge in [-0.25, -0.2) is 0 Å². The largest absolute Gasteiger partial charge is 0.387 e. The molecule has 1 aliphatic rings. The van der Waals surface area contributed by atoms with Gasteiger partial charge in [0.25, 0.3) is 5.91 Å². The Morgan fingerprint density at radius 1 is 1.14 bits per heavy atom. The molecule has 0 unspecified atom stereocenters. The zero-order valence-corrected chi connectivity index (χ0v) is 11.7. The summed E-state index contributed by atoms with van der Waals surface area (Å²) in [6.45, 7) is 1.95. The SMILES string of the molecule is Cc1ccccc1NC(=O)C1=NO[C@H](c2ccccc2)C1. The Kier molecular flexibility index (Phi) is 3.69. The fourth-order valence-corrected chi connectivity index (χ4v) is 2.27. The average Bonchev–Trinajstić information content (AvgIpc) is 3.00. The van der Waals surface area contributed by atoms with Crippen LogP contribution in [0.2, 0.25) is 0 Å². The van der Waals surface area contributed by atoms with Gasteiger partial charge >= 0.3 is 0 Å². The van der Waals surface area contributed by atoms with Gasteiger partial charge < -0.3 is 10.2 Å². The minimum atomic E-state index is -0.206. The van der Waals surface area contributed by atoms with E-state index in [9.17, 15) is 4.79 Å². The number of aryl methyl sites for hydroxylation is 1. The molecule has 2 aromatic rings. The molecule has 0 aromatic heterocycles. The molecule has 106 valence electrons. The van der Waals surface area contributed by atoms with Crippen LogP contribution in [-0.2, 0) is 9.63 Å². The van der Waals surface area contributed by atoms with E-state index in [-0.39, 0.29) is 12.0 Å². The highest BCUT2D eigenvalue weighted by atomic mass is 16.6. The number of nitrogens with zero attached hydrogens (tertiary/aromatic N) is 1. The van der Waals surface area contributed by atoms with Crippen molar-refractivity contribution in [3.8, 4) is 0 Å². The van der Waals surface area contributed by atoms with Gasteiger partial charge in [0.1, 0.15) is 5.71 Å². The Hall–Kier alpha value is -2.62. The van der Waals surface area contributed by atoms with Gasteiger partial charge in [-0.1, -0.05) is 53.7 Å². The van der Waals surface area contributed by atoms with E-state index < -0.39 is 0 Å². The summed E-state index contributed by atoms with van der Waals surface area (Å²) in [5.74, 6) is -0.206. The van der Waals surface area contributed by atoms with Crippen LogP contribution in [-0.4, -0.2) is 11.6 Å². The molecule has 0 saturated carbocycles. The van der Waals surface area contributed by atoms with E-state index >= 15 is 0 Å². The summed E-state index contributed by atoms with van der Waals surface area (Å²) in [6.07, 6.45) is 0.311. The first-order chi connectivity index (χ1) is 10.2. The Morgan fingerprint density at radius 2 is 1.86 bits per heavy atom. The van der Waals surface area contributed by atoms with Gasteiger partial charge in [0, 0.05) is 12.1 Å². The molecule has 1 amide bonds. The molecule has 3 rings (SSSR count). The van der Waals surface area contributed by atoms with Crippen LogP contribution in [0, 0.1) is 6.92 Å². The van der Waals surface area contributed by atoms with Crippen molar-refractivity contribution in [1.29, 1.82) is 0 Å². The summed E-state index contributed by atoms with van der Waals surface area (Å²) in [7, 11) is 0. The summed E-state index contributed by atoms with van der Waals surface area (Å²) >= 11 is 0. The standard InChI is InChI=1S/C17H16N2O2/c1-12-7-5-6-10-14(12)18-17(20)15-11-16(21-19-15)13-8-3-2-4-9-13/h2-10,16H,11H2,1H3,(H,18,20)/t16-/m0/s1. The number of rotatable bonds is 3. The maximum atomic E-state index is 12.2. The molecule has 2 aromatic carbocycles. The third-order valence-electron chi connectivity index (χ3n) is 3.50. The summed E-state index contributed by atoms with van der Waals surface area (Å²) in [5.41, 5.74) is 3.27. The molecule has 4 heteroatoms. The van der Waals surface area contributed by atoms with E-state index in [0.717, 1.165) is 16.8 Å². The smallest absolute Gasteiger partial charge is 0.273 e. The topological polar surface area (TPSA) is 50.7 Å². The van der Waals surface area contributed by atoms with Gasteiger partial charge in [0.05, 0.1) is 0 Å². The van der Waals surface area contributed by atoms with Crippen molar-refractivity contribution in [2.24, 2.45) is 5.16 Å². The third kappa shape index (κ3) is 2.94. The lowest BCUT2D eigenvalue weighted by molar-refractivity contribution is -0.110. The quantitative estimate of drug-likeness (QED) is 0.936. The second kappa shape index (κ2) is 5.79. The number of nitrogens with one attached hydrogen (secondary N) is 1. The van der Waals surface area contributed by atoms with Crippen molar-refractivity contribution >= 4 is 17.3 Å². The number of benzene rings is 2. The Bertz CT molecular complexity index is 680. The van der Waals surface area contributed by atoms with E-state index in [2.05, 4.69) is 10.5 Å². The highest BCUT2D eigenvalue weighted by Gasteiger charge is 2.27. The van der Waals surface area contributed by atoms with Crippen molar-refractivity contribution in [2.75, 3.05) is 5.32 Å². The Labute approximate surface area is 123 Å². The van der Waals surface area contributed by atoms with Crippen LogP contribution in [0.3, 0.4) is 0 Å². The summed E-state index contributed by atoms with van der Waals surface area (Å²) in [5, 5.41) is 6.80. The van der Waals surface area contributed by atoms with Gasteiger partial charge in [-0.15, -0.1) is 0 Å². The number of oxime groups is 1. The zero-order chi connectivity index (χ0) is 14.7. The van der Waals surface area contributed by atoms with Crippen molar-refractivity contribution in [3.05, 3.63) is 65.7 Å². The molecule has 0 spiro atoms. The minimum absolute atomic E-state index is 0.177. The predicted molar refractivity (Wildman–Crippen MR) is 82.1 cm³/mol. The molecule has 0 aliphatic carbocycles. The lowest BCUT2D eigenvalue weighted by Crippen LogP contribution is -2.22. The molecule has 21 heavy (non-hydrogen) atoms. The number of carbonyl (C=O) groups excluding carboxylic acids is 1. The number of para-hydroxylation sites is 1. The van der Waals surface area contributed by atoms with Crippen molar-refractivity contribution in [3.63, 3.8) is 0 Å². The number of amides is 1. The van der Waals surface area contributed by atoms with Crippen molar-refractivity contribution < 1.29 is 9.63 Å². The van der Waals surface area contributed by atoms with Crippen LogP contribution >= 0.6 is 0 Å². The van der Waals surface area contributed by atoms with Gasteiger partial charge in [0.15, 0.2) is 6.10 Å². The second-order valence-corrected chi connectivity index (χ2v) is 5.02. The van der Waals surface area contributed by atoms with Gasteiger partial charge in [-0.2, -0.15) is 0 Å². The van der Waals surface area contributed by atoms with E-state index in [4.69, 9.17) is 4.84 Å². The number of carbonyl (C=O) groups is 1. The monoisotopic (exact) mass is 280 g/mol. The minimum Gasteiger partial charge on any atom is -0.387 e. The Balaban J connectivity index is 1.66. The fraction of sp³-hybridized carbons (Fsp3) is 0.176. The number of hydrogen-bond donors (Lipinski definition) is 1. The molecule has 0 radical (unpaired) electrons. The molecular weight excluding hydrogens is 264 g/mol. The van der Waals surface area contributed by atoms with E-state index in [1.165, 1.54) is 0 Å². The van der Waals surface area contributed by atoms with Crippen LogP contribution in [0.25, 0.3) is 0 Å². The Morgan fingerprint density at radius 3 is 2.62 bits per heavy atom. The predicted octanol–water partition coefficient (Wildman–Crippen LogP) is 3.45. The summed E-state index contributed by atoms with van der Waals surface area (Å²) in [4.78, 5) is 17.6. The van der Waals surface area contributed by atoms with Crippen LogP contribution in [0.1, 0.15) is 23.7 Å². The van der Waals surface area contributed by atoms with Crippen LogP contribution in [0.5, 0.6) is 0 Å². The molecule has 1 N–H and O–H groups in total. The van der Waals surface area contributed by atoms with E-state index in [1.54, 1.807) is 0 Å². The molecule has 1 aliphatic heterocycles. The fourth-order valence-electron chi connectivity index (χ4n) is 2.27. The summed E-state index contributed by atoms with van der Waals surface area (Å²) < 4.78 is 0. The van der Waals surface area contributed by atoms with Crippen LogP contribution < -0.4 is 5.32 Å². The first-order valence-corrected chi connectivity index (χ1v) is 6.88. The van der Waals surface area contributed by atoms with Gasteiger partial charge in [-0.05, 0) is 24.1 Å². The average molecular weight is 280 g/mol. The molecule has 1 atom stereocenters.